The number of amides is 1. The number of aromatic amines is 1. The van der Waals surface area contributed by atoms with Gasteiger partial charge >= 0.3 is 0 Å². The van der Waals surface area contributed by atoms with E-state index in [0.29, 0.717) is 11.1 Å². The number of hydrogen-bond acceptors (Lipinski definition) is 4. The van der Waals surface area contributed by atoms with Gasteiger partial charge in [0.2, 0.25) is 11.1 Å². The number of halogens is 1. The summed E-state index contributed by atoms with van der Waals surface area (Å²) in [7, 11) is 0. The Balaban J connectivity index is 1.58. The lowest BCUT2D eigenvalue weighted by Gasteiger charge is -2.10. The summed E-state index contributed by atoms with van der Waals surface area (Å²) in [6, 6.07) is 7.53. The standard InChI is InChI=1S/C14H15BrN4OS/c1-8(13(20)16-11-4-2-3-10(15)7-11)21-14-17-12(18-19-14)9-5-6-9/h2-4,7-9H,5-6H2,1H3,(H,16,20)(H,17,18,19). The van der Waals surface area contributed by atoms with Crippen LogP contribution in [0.5, 0.6) is 0 Å². The quantitative estimate of drug-likeness (QED) is 0.793. The highest BCUT2D eigenvalue weighted by atomic mass is 79.9. The lowest BCUT2D eigenvalue weighted by atomic mass is 10.3. The van der Waals surface area contributed by atoms with Crippen LogP contribution < -0.4 is 5.32 Å². The van der Waals surface area contributed by atoms with E-state index in [4.69, 9.17) is 0 Å². The smallest absolute Gasteiger partial charge is 0.237 e. The van der Waals surface area contributed by atoms with Gasteiger partial charge in [-0.05, 0) is 38.0 Å². The topological polar surface area (TPSA) is 70.7 Å². The van der Waals surface area contributed by atoms with E-state index >= 15 is 0 Å². The highest BCUT2D eigenvalue weighted by Gasteiger charge is 2.27. The van der Waals surface area contributed by atoms with Crippen molar-refractivity contribution in [1.82, 2.24) is 15.2 Å². The van der Waals surface area contributed by atoms with Crippen molar-refractivity contribution in [3.8, 4) is 0 Å². The van der Waals surface area contributed by atoms with Crippen LogP contribution in [0.3, 0.4) is 0 Å². The van der Waals surface area contributed by atoms with Gasteiger partial charge in [-0.25, -0.2) is 4.98 Å². The summed E-state index contributed by atoms with van der Waals surface area (Å²) in [6.07, 6.45) is 2.36. The molecule has 1 unspecified atom stereocenters. The normalized spacial score (nSPS) is 15.7. The Bertz CT molecular complexity index is 656. The molecule has 2 N–H and O–H groups in total. The molecule has 110 valence electrons. The highest BCUT2D eigenvalue weighted by molar-refractivity contribution is 9.10. The average molecular weight is 367 g/mol. The van der Waals surface area contributed by atoms with Crippen LogP contribution in [-0.2, 0) is 4.79 Å². The third-order valence-corrected chi connectivity index (χ3v) is 4.64. The molecular weight excluding hydrogens is 352 g/mol. The van der Waals surface area contributed by atoms with Gasteiger partial charge in [0.05, 0.1) is 5.25 Å². The molecule has 0 bridgehead atoms. The SMILES string of the molecule is CC(Sc1n[nH]c(C2CC2)n1)C(=O)Nc1cccc(Br)c1. The first-order chi connectivity index (χ1) is 10.1. The van der Waals surface area contributed by atoms with Crippen LogP contribution in [0.4, 0.5) is 5.69 Å². The summed E-state index contributed by atoms with van der Waals surface area (Å²) < 4.78 is 0.934. The first-order valence-electron chi connectivity index (χ1n) is 6.77. The first-order valence-corrected chi connectivity index (χ1v) is 8.44. The molecule has 0 saturated heterocycles. The summed E-state index contributed by atoms with van der Waals surface area (Å²) in [4.78, 5) is 16.6. The number of H-pyrrole nitrogens is 1. The second kappa shape index (κ2) is 6.19. The van der Waals surface area contributed by atoms with Gasteiger partial charge in [0, 0.05) is 16.1 Å². The first kappa shape index (κ1) is 14.6. The van der Waals surface area contributed by atoms with Crippen molar-refractivity contribution in [3.63, 3.8) is 0 Å². The van der Waals surface area contributed by atoms with E-state index in [1.807, 2.05) is 31.2 Å². The molecule has 1 aromatic heterocycles. The van der Waals surface area contributed by atoms with Crippen LogP contribution >= 0.6 is 27.7 Å². The molecule has 1 heterocycles. The van der Waals surface area contributed by atoms with Crippen LogP contribution in [0.25, 0.3) is 0 Å². The van der Waals surface area contributed by atoms with Crippen molar-refractivity contribution in [3.05, 3.63) is 34.6 Å². The molecular formula is C14H15BrN4OS. The fourth-order valence-corrected chi connectivity index (χ4v) is 3.00. The molecule has 1 saturated carbocycles. The van der Waals surface area contributed by atoms with E-state index in [1.54, 1.807) is 0 Å². The number of thioether (sulfide) groups is 1. The van der Waals surface area contributed by atoms with Crippen LogP contribution in [-0.4, -0.2) is 26.3 Å². The fraction of sp³-hybridized carbons (Fsp3) is 0.357. The molecule has 0 radical (unpaired) electrons. The van der Waals surface area contributed by atoms with E-state index in [9.17, 15) is 4.79 Å². The number of nitrogens with zero attached hydrogens (tertiary/aromatic N) is 2. The maximum absolute atomic E-state index is 12.2. The highest BCUT2D eigenvalue weighted by Crippen LogP contribution is 2.38. The zero-order valence-corrected chi connectivity index (χ0v) is 13.9. The molecule has 5 nitrogen and oxygen atoms in total. The minimum Gasteiger partial charge on any atom is -0.325 e. The van der Waals surface area contributed by atoms with Gasteiger partial charge in [0.25, 0.3) is 0 Å². The number of aromatic nitrogens is 3. The summed E-state index contributed by atoms with van der Waals surface area (Å²) in [5, 5.41) is 10.4. The van der Waals surface area contributed by atoms with Crippen LogP contribution in [0.2, 0.25) is 0 Å². The zero-order valence-electron chi connectivity index (χ0n) is 11.5. The number of hydrogen-bond donors (Lipinski definition) is 2. The summed E-state index contributed by atoms with van der Waals surface area (Å²) >= 11 is 4.75. The lowest BCUT2D eigenvalue weighted by Crippen LogP contribution is -2.22. The summed E-state index contributed by atoms with van der Waals surface area (Å²) in [6.45, 7) is 1.85. The van der Waals surface area contributed by atoms with Crippen molar-refractivity contribution < 1.29 is 4.79 Å². The van der Waals surface area contributed by atoms with E-state index in [2.05, 4.69) is 36.4 Å². The van der Waals surface area contributed by atoms with E-state index < -0.39 is 0 Å². The van der Waals surface area contributed by atoms with Gasteiger partial charge in [-0.15, -0.1) is 5.10 Å². The maximum Gasteiger partial charge on any atom is 0.237 e. The molecule has 0 aliphatic heterocycles. The number of benzene rings is 1. The second-order valence-electron chi connectivity index (χ2n) is 5.04. The predicted molar refractivity (Wildman–Crippen MR) is 86.4 cm³/mol. The van der Waals surface area contributed by atoms with Gasteiger partial charge < -0.3 is 5.32 Å². The number of nitrogens with one attached hydrogen (secondary N) is 2. The molecule has 3 rings (SSSR count). The molecule has 1 amide bonds. The molecule has 1 atom stereocenters. The van der Waals surface area contributed by atoms with Gasteiger partial charge in [-0.3, -0.25) is 9.89 Å². The summed E-state index contributed by atoms with van der Waals surface area (Å²) in [5.74, 6) is 1.42. The fourth-order valence-electron chi connectivity index (χ4n) is 1.87. The predicted octanol–water partition coefficient (Wildman–Crippen LogP) is 3.56. The monoisotopic (exact) mass is 366 g/mol. The van der Waals surface area contributed by atoms with Crippen LogP contribution in [0, 0.1) is 0 Å². The molecule has 1 aliphatic rings. The van der Waals surface area contributed by atoms with Crippen molar-refractivity contribution in [2.75, 3.05) is 5.32 Å². The van der Waals surface area contributed by atoms with Crippen LogP contribution in [0.1, 0.15) is 31.5 Å². The van der Waals surface area contributed by atoms with E-state index in [-0.39, 0.29) is 11.2 Å². The van der Waals surface area contributed by atoms with Crippen LogP contribution in [0.15, 0.2) is 33.9 Å². The zero-order chi connectivity index (χ0) is 14.8. The Kier molecular flexibility index (Phi) is 4.30. The van der Waals surface area contributed by atoms with Gasteiger partial charge in [0.1, 0.15) is 5.82 Å². The minimum absolute atomic E-state index is 0.0594. The Morgan fingerprint density at radius 3 is 3.05 bits per heavy atom. The Hall–Kier alpha value is -1.34. The van der Waals surface area contributed by atoms with Crippen molar-refractivity contribution in [2.45, 2.75) is 36.1 Å². The Labute approximate surface area is 135 Å². The molecule has 1 aromatic carbocycles. The van der Waals surface area contributed by atoms with Crippen molar-refractivity contribution >= 4 is 39.3 Å². The molecule has 1 aliphatic carbocycles. The maximum atomic E-state index is 12.2. The third-order valence-electron chi connectivity index (χ3n) is 3.19. The average Bonchev–Trinajstić information content (AvgIpc) is 3.19. The van der Waals surface area contributed by atoms with Gasteiger partial charge in [-0.1, -0.05) is 33.8 Å². The number of carbonyl (C=O) groups is 1. The molecule has 0 spiro atoms. The second-order valence-corrected chi connectivity index (χ2v) is 7.26. The largest absolute Gasteiger partial charge is 0.325 e. The van der Waals surface area contributed by atoms with Crippen molar-refractivity contribution in [1.29, 1.82) is 0 Å². The third kappa shape index (κ3) is 3.85. The lowest BCUT2D eigenvalue weighted by molar-refractivity contribution is -0.115. The minimum atomic E-state index is -0.258. The van der Waals surface area contributed by atoms with E-state index in [1.165, 1.54) is 24.6 Å². The van der Waals surface area contributed by atoms with Crippen molar-refractivity contribution in [2.24, 2.45) is 0 Å². The molecule has 2 aromatic rings. The molecule has 21 heavy (non-hydrogen) atoms. The molecule has 1 fully saturated rings. The number of carbonyl (C=O) groups excluding carboxylic acids is 1. The Morgan fingerprint density at radius 1 is 1.52 bits per heavy atom. The molecule has 7 heteroatoms. The number of rotatable bonds is 5. The number of anilines is 1. The van der Waals surface area contributed by atoms with Gasteiger partial charge in [0.15, 0.2) is 0 Å². The van der Waals surface area contributed by atoms with E-state index in [0.717, 1.165) is 16.0 Å². The Morgan fingerprint density at radius 2 is 2.33 bits per heavy atom. The summed E-state index contributed by atoms with van der Waals surface area (Å²) in [5.41, 5.74) is 0.774. The van der Waals surface area contributed by atoms with Gasteiger partial charge in [-0.2, -0.15) is 0 Å².